The molecule has 0 radical (unpaired) electrons. The van der Waals surface area contributed by atoms with Gasteiger partial charge in [-0.2, -0.15) is 0 Å². The minimum absolute atomic E-state index is 0.0347. The van der Waals surface area contributed by atoms with Gasteiger partial charge in [0.1, 0.15) is 0 Å². The van der Waals surface area contributed by atoms with Crippen LogP contribution in [0.4, 0.5) is 0 Å². The summed E-state index contributed by atoms with van der Waals surface area (Å²) < 4.78 is 1.48. The lowest BCUT2D eigenvalue weighted by molar-refractivity contribution is -0.122. The van der Waals surface area contributed by atoms with E-state index < -0.39 is 5.97 Å². The number of aromatic carboxylic acids is 1. The molecular weight excluding hydrogens is 248 g/mol. The Kier molecular flexibility index (Phi) is 3.42. The minimum Gasteiger partial charge on any atom is -0.478 e. The molecular formula is C13H16N2O4. The SMILES string of the molecule is Cc1cc(=O)n(C2CCC(=O)NC2)c(C)c1C(=O)O. The smallest absolute Gasteiger partial charge is 0.337 e. The molecule has 1 unspecified atom stereocenters. The van der Waals surface area contributed by atoms with Gasteiger partial charge in [-0.15, -0.1) is 0 Å². The third-order valence-corrected chi connectivity index (χ3v) is 3.51. The van der Waals surface area contributed by atoms with Crippen molar-refractivity contribution in [3.05, 3.63) is 33.2 Å². The number of aryl methyl sites for hydroxylation is 1. The summed E-state index contributed by atoms with van der Waals surface area (Å²) in [7, 11) is 0. The summed E-state index contributed by atoms with van der Waals surface area (Å²) in [4.78, 5) is 34.5. The van der Waals surface area contributed by atoms with Crippen LogP contribution in [0.1, 0.15) is 40.5 Å². The highest BCUT2D eigenvalue weighted by Crippen LogP contribution is 2.20. The predicted octanol–water partition coefficient (Wildman–Crippen LogP) is 0.614. The lowest BCUT2D eigenvalue weighted by Gasteiger charge is -2.27. The number of pyridine rings is 1. The third-order valence-electron chi connectivity index (χ3n) is 3.51. The number of carbonyl (C=O) groups excluding carboxylic acids is 1. The van der Waals surface area contributed by atoms with E-state index in [1.165, 1.54) is 10.6 Å². The Labute approximate surface area is 110 Å². The molecule has 1 aromatic heterocycles. The number of rotatable bonds is 2. The molecule has 1 atom stereocenters. The number of nitrogens with zero attached hydrogens (tertiary/aromatic N) is 1. The number of aromatic nitrogens is 1. The van der Waals surface area contributed by atoms with E-state index in [2.05, 4.69) is 5.32 Å². The lowest BCUT2D eigenvalue weighted by atomic mass is 10.0. The van der Waals surface area contributed by atoms with Crippen molar-refractivity contribution < 1.29 is 14.7 Å². The van der Waals surface area contributed by atoms with Gasteiger partial charge >= 0.3 is 5.97 Å². The Morgan fingerprint density at radius 2 is 2.11 bits per heavy atom. The Hall–Kier alpha value is -2.11. The molecule has 1 aliphatic rings. The van der Waals surface area contributed by atoms with Crippen molar-refractivity contribution in [1.82, 2.24) is 9.88 Å². The number of carboxylic acid groups (broad SMARTS) is 1. The summed E-state index contributed by atoms with van der Waals surface area (Å²) in [6.07, 6.45) is 0.904. The second kappa shape index (κ2) is 4.87. The van der Waals surface area contributed by atoms with E-state index in [-0.39, 0.29) is 23.1 Å². The average molecular weight is 264 g/mol. The summed E-state index contributed by atoms with van der Waals surface area (Å²) in [5.74, 6) is -1.07. The summed E-state index contributed by atoms with van der Waals surface area (Å²) in [5, 5.41) is 11.9. The van der Waals surface area contributed by atoms with Crippen LogP contribution in [0.2, 0.25) is 0 Å². The highest BCUT2D eigenvalue weighted by Gasteiger charge is 2.24. The molecule has 102 valence electrons. The van der Waals surface area contributed by atoms with Crippen LogP contribution < -0.4 is 10.9 Å². The number of amides is 1. The standard InChI is InChI=1S/C13H16N2O4/c1-7-5-11(17)15(8(2)12(7)13(18)19)9-3-4-10(16)14-6-9/h5,9H,3-4,6H2,1-2H3,(H,14,16)(H,18,19). The van der Waals surface area contributed by atoms with Gasteiger partial charge in [-0.05, 0) is 25.8 Å². The van der Waals surface area contributed by atoms with Crippen LogP contribution in [0.25, 0.3) is 0 Å². The first kappa shape index (κ1) is 13.3. The first-order valence-electron chi connectivity index (χ1n) is 6.14. The summed E-state index contributed by atoms with van der Waals surface area (Å²) in [5.41, 5.74) is 0.849. The molecule has 1 aromatic rings. The Balaban J connectivity index is 2.51. The normalized spacial score (nSPS) is 19.1. The molecule has 2 heterocycles. The zero-order chi connectivity index (χ0) is 14.2. The minimum atomic E-state index is -1.04. The third kappa shape index (κ3) is 2.38. The Morgan fingerprint density at radius 1 is 1.42 bits per heavy atom. The van der Waals surface area contributed by atoms with Crippen molar-refractivity contribution in [1.29, 1.82) is 0 Å². The van der Waals surface area contributed by atoms with Gasteiger partial charge in [0.15, 0.2) is 0 Å². The molecule has 1 fully saturated rings. The largest absolute Gasteiger partial charge is 0.478 e. The van der Waals surface area contributed by atoms with E-state index in [9.17, 15) is 19.5 Å². The second-order valence-electron chi connectivity index (χ2n) is 4.80. The van der Waals surface area contributed by atoms with Crippen LogP contribution >= 0.6 is 0 Å². The topological polar surface area (TPSA) is 88.4 Å². The van der Waals surface area contributed by atoms with Gasteiger partial charge in [0.25, 0.3) is 5.56 Å². The molecule has 1 saturated heterocycles. The average Bonchev–Trinajstić information content (AvgIpc) is 2.30. The van der Waals surface area contributed by atoms with Gasteiger partial charge in [0.05, 0.1) is 11.6 Å². The molecule has 6 nitrogen and oxygen atoms in total. The maximum Gasteiger partial charge on any atom is 0.337 e. The molecule has 6 heteroatoms. The molecule has 1 aliphatic heterocycles. The van der Waals surface area contributed by atoms with Crippen molar-refractivity contribution in [3.8, 4) is 0 Å². The zero-order valence-electron chi connectivity index (χ0n) is 10.9. The molecule has 0 spiro atoms. The van der Waals surface area contributed by atoms with Gasteiger partial charge in [0.2, 0.25) is 5.91 Å². The highest BCUT2D eigenvalue weighted by atomic mass is 16.4. The first-order chi connectivity index (χ1) is 8.91. The quantitative estimate of drug-likeness (QED) is 0.819. The molecule has 2 rings (SSSR count). The van der Waals surface area contributed by atoms with Crippen molar-refractivity contribution in [2.24, 2.45) is 0 Å². The van der Waals surface area contributed by atoms with Gasteiger partial charge < -0.3 is 15.0 Å². The fourth-order valence-corrected chi connectivity index (χ4v) is 2.62. The van der Waals surface area contributed by atoms with Crippen molar-refractivity contribution in [2.45, 2.75) is 32.7 Å². The predicted molar refractivity (Wildman–Crippen MR) is 68.4 cm³/mol. The fraction of sp³-hybridized carbons (Fsp3) is 0.462. The van der Waals surface area contributed by atoms with E-state index in [1.807, 2.05) is 0 Å². The molecule has 0 bridgehead atoms. The molecule has 0 saturated carbocycles. The number of carbonyl (C=O) groups is 2. The van der Waals surface area contributed by atoms with Crippen LogP contribution in [0.5, 0.6) is 0 Å². The van der Waals surface area contributed by atoms with Gasteiger partial charge in [-0.3, -0.25) is 9.59 Å². The summed E-state index contributed by atoms with van der Waals surface area (Å²) in [6.45, 7) is 3.61. The van der Waals surface area contributed by atoms with Crippen LogP contribution in [0.3, 0.4) is 0 Å². The van der Waals surface area contributed by atoms with Crippen LogP contribution in [-0.2, 0) is 4.79 Å². The second-order valence-corrected chi connectivity index (χ2v) is 4.80. The van der Waals surface area contributed by atoms with Gasteiger partial charge in [0, 0.05) is 24.7 Å². The maximum atomic E-state index is 12.1. The number of piperidine rings is 1. The fourth-order valence-electron chi connectivity index (χ4n) is 2.62. The molecule has 19 heavy (non-hydrogen) atoms. The maximum absolute atomic E-state index is 12.1. The van der Waals surface area contributed by atoms with Crippen LogP contribution in [0.15, 0.2) is 10.9 Å². The highest BCUT2D eigenvalue weighted by molar-refractivity contribution is 5.90. The van der Waals surface area contributed by atoms with E-state index >= 15 is 0 Å². The number of carboxylic acids is 1. The van der Waals surface area contributed by atoms with Crippen LogP contribution in [0, 0.1) is 13.8 Å². The van der Waals surface area contributed by atoms with Crippen LogP contribution in [-0.4, -0.2) is 28.1 Å². The first-order valence-corrected chi connectivity index (χ1v) is 6.14. The molecule has 1 amide bonds. The molecule has 0 aromatic carbocycles. The van der Waals surface area contributed by atoms with E-state index in [1.54, 1.807) is 13.8 Å². The van der Waals surface area contributed by atoms with Gasteiger partial charge in [-0.25, -0.2) is 4.79 Å². The summed E-state index contributed by atoms with van der Waals surface area (Å²) in [6, 6.07) is 1.16. The van der Waals surface area contributed by atoms with E-state index in [0.29, 0.717) is 30.6 Å². The number of hydrogen-bond acceptors (Lipinski definition) is 3. The van der Waals surface area contributed by atoms with Crippen molar-refractivity contribution >= 4 is 11.9 Å². The Bertz CT molecular complexity index is 593. The van der Waals surface area contributed by atoms with Gasteiger partial charge in [-0.1, -0.05) is 0 Å². The number of hydrogen-bond donors (Lipinski definition) is 2. The lowest BCUT2D eigenvalue weighted by Crippen LogP contribution is -2.40. The summed E-state index contributed by atoms with van der Waals surface area (Å²) >= 11 is 0. The molecule has 2 N–H and O–H groups in total. The zero-order valence-corrected chi connectivity index (χ0v) is 10.9. The Morgan fingerprint density at radius 3 is 2.63 bits per heavy atom. The van der Waals surface area contributed by atoms with E-state index in [0.717, 1.165) is 0 Å². The van der Waals surface area contributed by atoms with E-state index in [4.69, 9.17) is 0 Å². The molecule has 0 aliphatic carbocycles. The van der Waals surface area contributed by atoms with Crippen molar-refractivity contribution in [3.63, 3.8) is 0 Å². The number of nitrogens with one attached hydrogen (secondary N) is 1. The van der Waals surface area contributed by atoms with Crippen molar-refractivity contribution in [2.75, 3.05) is 6.54 Å². The monoisotopic (exact) mass is 264 g/mol.